The Bertz CT molecular complexity index is 736. The average Bonchev–Trinajstić information content (AvgIpc) is 3.15. The Morgan fingerprint density at radius 3 is 2.70 bits per heavy atom. The molecule has 1 amide bonds. The van der Waals surface area contributed by atoms with Crippen LogP contribution in [0.4, 0.5) is 11.4 Å². The van der Waals surface area contributed by atoms with Gasteiger partial charge in [0.15, 0.2) is 0 Å². The number of rotatable bonds is 8. The van der Waals surface area contributed by atoms with Crippen molar-refractivity contribution in [1.29, 1.82) is 0 Å². The number of para-hydroxylation sites is 1. The summed E-state index contributed by atoms with van der Waals surface area (Å²) in [5.41, 5.74) is 13.6. The van der Waals surface area contributed by atoms with Crippen molar-refractivity contribution < 1.29 is 14.3 Å². The van der Waals surface area contributed by atoms with Crippen LogP contribution in [0.3, 0.4) is 0 Å². The molecule has 0 aliphatic heterocycles. The highest BCUT2D eigenvalue weighted by molar-refractivity contribution is 8.02. The molecule has 0 bridgehead atoms. The maximum Gasteiger partial charge on any atom is 0.258 e. The second-order valence-electron chi connectivity index (χ2n) is 5.00. The SMILES string of the molecule is CNNC(=O)/C=C/c1cccc(N(C)Sc2cccs2)c1N.COCC=O. The van der Waals surface area contributed by atoms with Crippen molar-refractivity contribution in [2.45, 2.75) is 4.21 Å². The fourth-order valence-corrected chi connectivity index (χ4v) is 3.68. The van der Waals surface area contributed by atoms with E-state index in [1.165, 1.54) is 17.4 Å². The first kappa shape index (κ1) is 22.7. The molecule has 7 nitrogen and oxygen atoms in total. The molecule has 0 unspecified atom stereocenters. The maximum absolute atomic E-state index is 11.4. The number of nitrogens with one attached hydrogen (secondary N) is 2. The molecule has 1 aromatic heterocycles. The monoisotopic (exact) mass is 408 g/mol. The Kier molecular flexibility index (Phi) is 10.9. The number of carbonyl (C=O) groups excluding carboxylic acids is 2. The first-order valence-corrected chi connectivity index (χ1v) is 9.59. The van der Waals surface area contributed by atoms with Gasteiger partial charge in [0.1, 0.15) is 12.9 Å². The Labute approximate surface area is 167 Å². The van der Waals surface area contributed by atoms with Gasteiger partial charge in [-0.25, -0.2) is 5.43 Å². The van der Waals surface area contributed by atoms with Gasteiger partial charge < -0.3 is 19.6 Å². The number of hydrazine groups is 1. The standard InChI is InChI=1S/C15H18N4OS2.C3H6O2/c1-17-18-13(20)9-8-11-5-3-6-12(15(11)16)19(2)22-14-7-4-10-21-14;1-5-3-2-4/h3-10,17H,16H2,1-2H3,(H,18,20);2H,3H2,1H3/b9-8+;. The Morgan fingerprint density at radius 2 is 2.15 bits per heavy atom. The number of carbonyl (C=O) groups is 2. The highest BCUT2D eigenvalue weighted by Gasteiger charge is 2.10. The second kappa shape index (κ2) is 12.9. The third-order valence-corrected chi connectivity index (χ3v) is 5.04. The van der Waals surface area contributed by atoms with Gasteiger partial charge in [-0.1, -0.05) is 18.2 Å². The first-order valence-electron chi connectivity index (χ1n) is 7.94. The summed E-state index contributed by atoms with van der Waals surface area (Å²) >= 11 is 3.30. The van der Waals surface area contributed by atoms with Gasteiger partial charge in [-0.05, 0) is 41.1 Å². The number of nitrogens with two attached hydrogens (primary N) is 1. The van der Waals surface area contributed by atoms with Crippen molar-refractivity contribution >= 4 is 52.9 Å². The highest BCUT2D eigenvalue weighted by Crippen LogP contribution is 2.35. The van der Waals surface area contributed by atoms with E-state index in [1.54, 1.807) is 36.4 Å². The van der Waals surface area contributed by atoms with E-state index < -0.39 is 0 Å². The molecule has 0 saturated carbocycles. The summed E-state index contributed by atoms with van der Waals surface area (Å²) in [5.74, 6) is -0.228. The number of nitrogen functional groups attached to an aromatic ring is 1. The van der Waals surface area contributed by atoms with Crippen molar-refractivity contribution in [2.75, 3.05) is 37.9 Å². The van der Waals surface area contributed by atoms with Crippen LogP contribution in [0, 0.1) is 0 Å². The molecule has 1 aromatic carbocycles. The van der Waals surface area contributed by atoms with Gasteiger partial charge in [-0.2, -0.15) is 0 Å². The van der Waals surface area contributed by atoms with Crippen molar-refractivity contribution in [3.63, 3.8) is 0 Å². The van der Waals surface area contributed by atoms with E-state index in [4.69, 9.17) is 5.73 Å². The predicted molar refractivity (Wildman–Crippen MR) is 114 cm³/mol. The van der Waals surface area contributed by atoms with Crippen LogP contribution in [0.1, 0.15) is 5.56 Å². The molecule has 27 heavy (non-hydrogen) atoms. The maximum atomic E-state index is 11.4. The summed E-state index contributed by atoms with van der Waals surface area (Å²) in [5, 5.41) is 2.04. The first-order chi connectivity index (χ1) is 13.0. The van der Waals surface area contributed by atoms with Crippen LogP contribution in [0.5, 0.6) is 0 Å². The summed E-state index contributed by atoms with van der Waals surface area (Å²) in [6.45, 7) is 0.208. The third-order valence-electron chi connectivity index (χ3n) is 3.08. The molecule has 146 valence electrons. The van der Waals surface area contributed by atoms with Gasteiger partial charge in [-0.3, -0.25) is 10.2 Å². The summed E-state index contributed by atoms with van der Waals surface area (Å²) in [6.07, 6.45) is 3.85. The molecule has 1 heterocycles. The number of benzene rings is 1. The minimum Gasteiger partial charge on any atom is -0.397 e. The zero-order valence-electron chi connectivity index (χ0n) is 15.5. The molecule has 2 rings (SSSR count). The number of aldehydes is 1. The van der Waals surface area contributed by atoms with Gasteiger partial charge in [0, 0.05) is 27.3 Å². The zero-order chi connectivity index (χ0) is 20.1. The Morgan fingerprint density at radius 1 is 1.37 bits per heavy atom. The van der Waals surface area contributed by atoms with Gasteiger partial charge in [-0.15, -0.1) is 11.3 Å². The fourth-order valence-electron chi connectivity index (χ4n) is 1.89. The molecule has 4 N–H and O–H groups in total. The number of amides is 1. The molecule has 0 fully saturated rings. The number of anilines is 2. The second-order valence-corrected chi connectivity index (χ2v) is 7.37. The molecule has 0 spiro atoms. The van der Waals surface area contributed by atoms with Crippen molar-refractivity contribution in [1.82, 2.24) is 10.9 Å². The Hall–Kier alpha value is -2.33. The lowest BCUT2D eigenvalue weighted by atomic mass is 10.1. The fraction of sp³-hybridized carbons (Fsp3) is 0.222. The van der Waals surface area contributed by atoms with E-state index in [-0.39, 0.29) is 12.5 Å². The lowest BCUT2D eigenvalue weighted by Gasteiger charge is -2.19. The molecular formula is C18H24N4O3S2. The molecule has 9 heteroatoms. The zero-order valence-corrected chi connectivity index (χ0v) is 17.1. The van der Waals surface area contributed by atoms with Crippen LogP contribution < -0.4 is 20.9 Å². The lowest BCUT2D eigenvalue weighted by molar-refractivity contribution is -0.117. The number of methoxy groups -OCH3 is 1. The molecule has 0 atom stereocenters. The van der Waals surface area contributed by atoms with Crippen LogP contribution in [0.2, 0.25) is 0 Å². The highest BCUT2D eigenvalue weighted by atomic mass is 32.2. The van der Waals surface area contributed by atoms with Crippen LogP contribution in [0.15, 0.2) is 46.0 Å². The van der Waals surface area contributed by atoms with Gasteiger partial charge in [0.05, 0.1) is 15.6 Å². The summed E-state index contributed by atoms with van der Waals surface area (Å²) in [7, 11) is 5.09. The normalized spacial score (nSPS) is 10.2. The largest absolute Gasteiger partial charge is 0.397 e. The number of thiophene rings is 1. The lowest BCUT2D eigenvalue weighted by Crippen LogP contribution is -2.32. The van der Waals surface area contributed by atoms with E-state index in [0.717, 1.165) is 11.3 Å². The number of ether oxygens (including phenoxy) is 1. The summed E-state index contributed by atoms with van der Waals surface area (Å²) in [4.78, 5) is 20.7. The number of nitrogens with zero attached hydrogens (tertiary/aromatic N) is 1. The third kappa shape index (κ3) is 8.27. The van der Waals surface area contributed by atoms with E-state index in [9.17, 15) is 9.59 Å². The number of hydrogen-bond donors (Lipinski definition) is 3. The van der Waals surface area contributed by atoms with E-state index in [0.29, 0.717) is 12.0 Å². The molecular weight excluding hydrogens is 384 g/mol. The predicted octanol–water partition coefficient (Wildman–Crippen LogP) is 2.57. The molecule has 2 aromatic rings. The van der Waals surface area contributed by atoms with Crippen molar-refractivity contribution in [3.8, 4) is 0 Å². The number of hydrogen-bond acceptors (Lipinski definition) is 8. The van der Waals surface area contributed by atoms with E-state index >= 15 is 0 Å². The minimum atomic E-state index is -0.228. The van der Waals surface area contributed by atoms with Crippen LogP contribution >= 0.6 is 23.3 Å². The van der Waals surface area contributed by atoms with Crippen molar-refractivity contribution in [3.05, 3.63) is 47.4 Å². The average molecular weight is 409 g/mol. The van der Waals surface area contributed by atoms with E-state index in [2.05, 4.69) is 21.7 Å². The quantitative estimate of drug-likeness (QED) is 0.203. The molecule has 0 radical (unpaired) electrons. The van der Waals surface area contributed by atoms with Crippen molar-refractivity contribution in [2.24, 2.45) is 0 Å². The minimum absolute atomic E-state index is 0.208. The smallest absolute Gasteiger partial charge is 0.258 e. The summed E-state index contributed by atoms with van der Waals surface area (Å²) in [6, 6.07) is 9.84. The van der Waals surface area contributed by atoms with Crippen LogP contribution in [0.25, 0.3) is 6.08 Å². The van der Waals surface area contributed by atoms with Gasteiger partial charge in [0.25, 0.3) is 5.91 Å². The summed E-state index contributed by atoms with van der Waals surface area (Å²) < 4.78 is 7.53. The van der Waals surface area contributed by atoms with E-state index in [1.807, 2.05) is 41.0 Å². The van der Waals surface area contributed by atoms with Gasteiger partial charge >= 0.3 is 0 Å². The molecule has 0 aliphatic rings. The van der Waals surface area contributed by atoms with Crippen LogP contribution in [-0.4, -0.2) is 40.0 Å². The Balaban J connectivity index is 0.000000646. The molecule has 0 saturated heterocycles. The van der Waals surface area contributed by atoms with Gasteiger partial charge in [0.2, 0.25) is 0 Å². The topological polar surface area (TPSA) is 96.7 Å². The molecule has 0 aliphatic carbocycles. The van der Waals surface area contributed by atoms with Crippen LogP contribution in [-0.2, 0) is 14.3 Å².